The minimum absolute atomic E-state index is 0.814. The van der Waals surface area contributed by atoms with Crippen LogP contribution in [0.2, 0.25) is 0 Å². The van der Waals surface area contributed by atoms with Gasteiger partial charge in [-0.15, -0.1) is 0 Å². The van der Waals surface area contributed by atoms with Crippen molar-refractivity contribution in [2.24, 2.45) is 0 Å². The largest absolute Gasteiger partial charge is 0.309 e. The Morgan fingerprint density at radius 2 is 0.589 bits per heavy atom. The van der Waals surface area contributed by atoms with Crippen molar-refractivity contribution in [2.75, 3.05) is 0 Å². The highest BCUT2D eigenvalue weighted by atomic mass is 15.0. The molecular weight excluding hydrogens is 1090 g/mol. The monoisotopic (exact) mass is 1150 g/mol. The quantitative estimate of drug-likeness (QED) is 0.103. The molecule has 0 bridgehead atoms. The summed E-state index contributed by atoms with van der Waals surface area (Å²) in [7, 11) is 0. The van der Waals surface area contributed by atoms with E-state index in [0.717, 1.165) is 76.1 Å². The molecule has 16 aromatic rings. The van der Waals surface area contributed by atoms with E-state index >= 15 is 0 Å². The Bertz CT molecular complexity index is 4950. The van der Waals surface area contributed by atoms with Crippen molar-refractivity contribution >= 4 is 43.6 Å². The molecule has 0 unspecified atom stereocenters. The third-order valence-corrected chi connectivity index (χ3v) is 18.0. The van der Waals surface area contributed by atoms with Gasteiger partial charge in [-0.25, -0.2) is 0 Å². The van der Waals surface area contributed by atoms with E-state index in [-0.39, 0.29) is 0 Å². The number of fused-ring (bicyclic) bond motifs is 6. The molecule has 0 radical (unpaired) electrons. The zero-order chi connectivity index (χ0) is 59.7. The predicted molar refractivity (Wildman–Crippen MR) is 374 cm³/mol. The molecular formula is C85H61N5. The summed E-state index contributed by atoms with van der Waals surface area (Å²) in [5, 5.41) is 4.96. The van der Waals surface area contributed by atoms with Crippen molar-refractivity contribution in [3.8, 4) is 89.7 Å². The van der Waals surface area contributed by atoms with E-state index in [2.05, 4.69) is 294 Å². The zero-order valence-corrected chi connectivity index (χ0v) is 49.7. The molecule has 0 aliphatic heterocycles. The molecule has 5 heteroatoms. The van der Waals surface area contributed by atoms with Crippen LogP contribution in [-0.4, -0.2) is 24.1 Å². The molecule has 0 spiro atoms. The summed E-state index contributed by atoms with van der Waals surface area (Å²) in [6.45, 7) is 0. The van der Waals surface area contributed by atoms with Crippen molar-refractivity contribution in [3.63, 3.8) is 0 Å². The van der Waals surface area contributed by atoms with Crippen molar-refractivity contribution in [2.45, 2.75) is 25.7 Å². The van der Waals surface area contributed by atoms with Gasteiger partial charge >= 0.3 is 0 Å². The first-order valence-electron chi connectivity index (χ1n) is 31.1. The molecule has 0 aliphatic rings. The van der Waals surface area contributed by atoms with Gasteiger partial charge in [0.05, 0.1) is 50.5 Å². The lowest BCUT2D eigenvalue weighted by Crippen LogP contribution is -2.04. The lowest BCUT2D eigenvalue weighted by molar-refractivity contribution is 0.918. The molecule has 90 heavy (non-hydrogen) atoms. The first-order chi connectivity index (χ1) is 44.6. The second-order valence-electron chi connectivity index (χ2n) is 23.4. The highest BCUT2D eigenvalue weighted by Crippen LogP contribution is 2.43. The van der Waals surface area contributed by atoms with Gasteiger partial charge in [0.1, 0.15) is 0 Å². The molecule has 0 N–H and O–H groups in total. The number of aryl methyl sites for hydroxylation is 4. The lowest BCUT2D eigenvalue weighted by Gasteiger charge is -2.19. The third kappa shape index (κ3) is 10.2. The van der Waals surface area contributed by atoms with Crippen LogP contribution < -0.4 is 0 Å². The predicted octanol–water partition coefficient (Wildman–Crippen LogP) is 21.3. The minimum atomic E-state index is 0.814. The molecule has 0 aliphatic carbocycles. The van der Waals surface area contributed by atoms with Gasteiger partial charge in [-0.05, 0) is 171 Å². The Balaban J connectivity index is 0.843. The van der Waals surface area contributed by atoms with Gasteiger partial charge < -0.3 is 9.13 Å². The number of hydrogen-bond acceptors (Lipinski definition) is 3. The van der Waals surface area contributed by atoms with Crippen molar-refractivity contribution in [1.29, 1.82) is 0 Å². The van der Waals surface area contributed by atoms with Crippen LogP contribution in [0.25, 0.3) is 133 Å². The van der Waals surface area contributed by atoms with Gasteiger partial charge in [0.25, 0.3) is 0 Å². The second kappa shape index (κ2) is 23.6. The average molecular weight is 1150 g/mol. The van der Waals surface area contributed by atoms with Gasteiger partial charge in [-0.1, -0.05) is 224 Å². The fourth-order valence-electron chi connectivity index (χ4n) is 13.6. The van der Waals surface area contributed by atoms with Crippen LogP contribution in [0.15, 0.2) is 322 Å². The second-order valence-corrected chi connectivity index (χ2v) is 23.4. The zero-order valence-electron chi connectivity index (χ0n) is 49.7. The summed E-state index contributed by atoms with van der Waals surface area (Å²) in [6, 6.07) is 111. The van der Waals surface area contributed by atoms with Crippen molar-refractivity contribution in [1.82, 2.24) is 24.1 Å². The Labute approximate surface area is 524 Å². The molecule has 11 aromatic carbocycles. The summed E-state index contributed by atoms with van der Waals surface area (Å²) in [6.07, 6.45) is 8.91. The number of hydrogen-bond donors (Lipinski definition) is 0. The standard InChI is InChI=1S/C85H61N5/c1-2-20-60(21-3-1)61-39-41-62(42-40-61)76-55-65(77-28-14-17-49-86-77)47-48-71(76)70-23-5-4-22-69(70)68-53-58(35-37-63-43-45-66(78-29-15-18-50-87-78)56-84(63)89-80-31-10-6-24-72(80)73-25-7-11-32-81(73)89)52-59(54-68)36-38-64-44-46-67(79-30-16-19-51-88-79)57-85(64)90-82-33-12-8-26-74(82)75-27-9-13-34-83(75)90/h1-34,39-57H,35-38H2. The highest BCUT2D eigenvalue weighted by molar-refractivity contribution is 6.10. The SMILES string of the molecule is c1ccc(-c2ccc(-c3cc(-c4ccccn4)ccc3-c3ccccc3-c3cc(CCc4ccc(-c5ccccn5)cc4-n4c5ccccc5c5ccccc54)cc(CCc4ccc(-c5ccccn5)cc4-n4c5ccccc5c5ccccc54)c3)cc2)cc1. The van der Waals surface area contributed by atoms with E-state index in [4.69, 9.17) is 15.0 Å². The summed E-state index contributed by atoms with van der Waals surface area (Å²) in [5.41, 5.74) is 27.7. The molecule has 426 valence electrons. The van der Waals surface area contributed by atoms with Crippen LogP contribution in [0.5, 0.6) is 0 Å². The van der Waals surface area contributed by atoms with Gasteiger partial charge in [0, 0.05) is 56.8 Å². The van der Waals surface area contributed by atoms with Crippen LogP contribution in [0.1, 0.15) is 22.3 Å². The molecule has 5 heterocycles. The topological polar surface area (TPSA) is 48.5 Å². The highest BCUT2D eigenvalue weighted by Gasteiger charge is 2.21. The van der Waals surface area contributed by atoms with E-state index in [0.29, 0.717) is 0 Å². The maximum Gasteiger partial charge on any atom is 0.0702 e. The summed E-state index contributed by atoms with van der Waals surface area (Å²) in [5.74, 6) is 0. The number of aromatic nitrogens is 5. The molecule has 0 amide bonds. The van der Waals surface area contributed by atoms with Crippen LogP contribution in [0, 0.1) is 0 Å². The maximum atomic E-state index is 4.84. The molecule has 0 saturated heterocycles. The Kier molecular flexibility index (Phi) is 14.2. The van der Waals surface area contributed by atoms with Gasteiger partial charge in [0.15, 0.2) is 0 Å². The van der Waals surface area contributed by atoms with Crippen molar-refractivity contribution < 1.29 is 0 Å². The minimum Gasteiger partial charge on any atom is -0.309 e. The van der Waals surface area contributed by atoms with Gasteiger partial charge in [0.2, 0.25) is 0 Å². The third-order valence-electron chi connectivity index (χ3n) is 18.0. The van der Waals surface area contributed by atoms with E-state index in [1.807, 2.05) is 36.8 Å². The molecule has 0 atom stereocenters. The van der Waals surface area contributed by atoms with Gasteiger partial charge in [-0.2, -0.15) is 0 Å². The fraction of sp³-hybridized carbons (Fsp3) is 0.0471. The number of benzene rings is 11. The van der Waals surface area contributed by atoms with Crippen LogP contribution in [-0.2, 0) is 25.7 Å². The number of nitrogens with zero attached hydrogens (tertiary/aromatic N) is 5. The first kappa shape index (κ1) is 53.9. The summed E-state index contributed by atoms with van der Waals surface area (Å²) in [4.78, 5) is 14.5. The smallest absolute Gasteiger partial charge is 0.0702 e. The maximum absolute atomic E-state index is 4.84. The van der Waals surface area contributed by atoms with Crippen LogP contribution >= 0.6 is 0 Å². The Morgan fingerprint density at radius 3 is 1.06 bits per heavy atom. The first-order valence-corrected chi connectivity index (χ1v) is 31.1. The molecule has 16 rings (SSSR count). The van der Waals surface area contributed by atoms with Crippen LogP contribution in [0.3, 0.4) is 0 Å². The number of rotatable bonds is 15. The molecule has 0 saturated carbocycles. The Morgan fingerprint density at radius 1 is 0.222 bits per heavy atom. The van der Waals surface area contributed by atoms with Crippen molar-refractivity contribution in [3.05, 3.63) is 344 Å². The lowest BCUT2D eigenvalue weighted by atomic mass is 9.86. The van der Waals surface area contributed by atoms with Gasteiger partial charge in [-0.3, -0.25) is 15.0 Å². The molecule has 0 fully saturated rings. The average Bonchev–Trinajstić information content (AvgIpc) is 3.48. The number of para-hydroxylation sites is 4. The molecule has 5 aromatic heterocycles. The summed E-state index contributed by atoms with van der Waals surface area (Å²) < 4.78 is 4.95. The fourth-order valence-corrected chi connectivity index (χ4v) is 13.6. The van der Waals surface area contributed by atoms with E-state index < -0.39 is 0 Å². The summed E-state index contributed by atoms with van der Waals surface area (Å²) >= 11 is 0. The van der Waals surface area contributed by atoms with E-state index in [1.54, 1.807) is 0 Å². The van der Waals surface area contributed by atoms with E-state index in [9.17, 15) is 0 Å². The Hall–Kier alpha value is -11.5. The van der Waals surface area contributed by atoms with Crippen LogP contribution in [0.4, 0.5) is 0 Å². The molecule has 5 nitrogen and oxygen atoms in total. The number of pyridine rings is 3. The van der Waals surface area contributed by atoms with E-state index in [1.165, 1.54) is 105 Å². The normalized spacial score (nSPS) is 11.5.